The van der Waals surface area contributed by atoms with Crippen molar-refractivity contribution in [1.82, 2.24) is 9.80 Å². The molecule has 0 amide bonds. The molecule has 2 fully saturated rings. The van der Waals surface area contributed by atoms with Crippen LogP contribution in [0.25, 0.3) is 0 Å². The Bertz CT molecular complexity index is 434. The quantitative estimate of drug-likeness (QED) is 0.742. The van der Waals surface area contributed by atoms with Crippen molar-refractivity contribution >= 4 is 5.78 Å². The maximum Gasteiger partial charge on any atom is 0.164 e. The Kier molecular flexibility index (Phi) is 4.48. The Balaban J connectivity index is 1.38. The van der Waals surface area contributed by atoms with E-state index < -0.39 is 0 Å². The van der Waals surface area contributed by atoms with Crippen molar-refractivity contribution in [2.45, 2.75) is 19.3 Å². The molecule has 0 unspecified atom stereocenters. The Labute approximate surface area is 121 Å². The van der Waals surface area contributed by atoms with E-state index in [2.05, 4.69) is 9.80 Å². The minimum atomic E-state index is 0.269. The van der Waals surface area contributed by atoms with E-state index in [9.17, 15) is 4.79 Å². The molecule has 1 aliphatic carbocycles. The molecule has 1 saturated carbocycles. The second-order valence-corrected chi connectivity index (χ2v) is 6.12. The summed E-state index contributed by atoms with van der Waals surface area (Å²) in [5, 5.41) is 0. The summed E-state index contributed by atoms with van der Waals surface area (Å²) in [6, 6.07) is 9.65. The number of carbonyl (C=O) groups is 1. The monoisotopic (exact) mass is 272 g/mol. The third-order valence-corrected chi connectivity index (χ3v) is 4.43. The predicted octanol–water partition coefficient (Wildman–Crippen LogP) is 2.29. The van der Waals surface area contributed by atoms with Crippen LogP contribution in [0.1, 0.15) is 29.6 Å². The minimum Gasteiger partial charge on any atom is -0.301 e. The van der Waals surface area contributed by atoms with E-state index in [4.69, 9.17) is 0 Å². The summed E-state index contributed by atoms with van der Waals surface area (Å²) in [4.78, 5) is 17.1. The van der Waals surface area contributed by atoms with Crippen molar-refractivity contribution in [2.24, 2.45) is 5.92 Å². The molecular formula is C17H24N2O. The minimum absolute atomic E-state index is 0.269. The zero-order valence-corrected chi connectivity index (χ0v) is 12.1. The molecule has 0 N–H and O–H groups in total. The smallest absolute Gasteiger partial charge is 0.164 e. The van der Waals surface area contributed by atoms with Crippen molar-refractivity contribution < 1.29 is 4.79 Å². The molecule has 1 aromatic carbocycles. The fraction of sp³-hybridized carbons (Fsp3) is 0.588. The molecule has 1 heterocycles. The van der Waals surface area contributed by atoms with Gasteiger partial charge in [-0.05, 0) is 18.8 Å². The zero-order chi connectivity index (χ0) is 13.8. The highest BCUT2D eigenvalue weighted by atomic mass is 16.1. The van der Waals surface area contributed by atoms with E-state index in [1.165, 1.54) is 32.5 Å². The second kappa shape index (κ2) is 6.51. The van der Waals surface area contributed by atoms with Gasteiger partial charge in [0.05, 0.1) is 0 Å². The number of nitrogens with zero attached hydrogens (tertiary/aromatic N) is 2. The van der Waals surface area contributed by atoms with Crippen molar-refractivity contribution in [3.05, 3.63) is 35.9 Å². The molecule has 108 valence electrons. The molecule has 1 aromatic rings. The molecule has 3 nitrogen and oxygen atoms in total. The largest absolute Gasteiger partial charge is 0.301 e. The number of rotatable bonds is 6. The molecular weight excluding hydrogens is 248 g/mol. The van der Waals surface area contributed by atoms with Gasteiger partial charge in [0.2, 0.25) is 0 Å². The summed E-state index contributed by atoms with van der Waals surface area (Å²) in [5.41, 5.74) is 0.847. The third-order valence-electron chi connectivity index (χ3n) is 4.43. The number of hydrogen-bond acceptors (Lipinski definition) is 3. The van der Waals surface area contributed by atoms with Crippen LogP contribution in [0.3, 0.4) is 0 Å². The van der Waals surface area contributed by atoms with Crippen molar-refractivity contribution in [3.63, 3.8) is 0 Å². The van der Waals surface area contributed by atoms with Crippen LogP contribution in [0.15, 0.2) is 30.3 Å². The maximum atomic E-state index is 12.1. The standard InChI is InChI=1S/C17H24N2O/c20-17(16-4-2-1-3-5-16)8-9-18-10-12-19(13-11-18)14-15-6-7-15/h1-5,15H,6-14H2. The summed E-state index contributed by atoms with van der Waals surface area (Å²) < 4.78 is 0. The highest BCUT2D eigenvalue weighted by Gasteiger charge is 2.26. The fourth-order valence-corrected chi connectivity index (χ4v) is 2.89. The summed E-state index contributed by atoms with van der Waals surface area (Å²) in [6.07, 6.45) is 3.52. The predicted molar refractivity (Wildman–Crippen MR) is 81.0 cm³/mol. The van der Waals surface area contributed by atoms with Crippen LogP contribution in [0, 0.1) is 5.92 Å². The maximum absolute atomic E-state index is 12.1. The van der Waals surface area contributed by atoms with E-state index >= 15 is 0 Å². The summed E-state index contributed by atoms with van der Waals surface area (Å²) >= 11 is 0. The van der Waals surface area contributed by atoms with Crippen LogP contribution in [0.5, 0.6) is 0 Å². The number of hydrogen-bond donors (Lipinski definition) is 0. The van der Waals surface area contributed by atoms with E-state index in [0.29, 0.717) is 6.42 Å². The van der Waals surface area contributed by atoms with Crippen LogP contribution in [0.2, 0.25) is 0 Å². The lowest BCUT2D eigenvalue weighted by molar-refractivity contribution is 0.0924. The Morgan fingerprint density at radius 3 is 2.30 bits per heavy atom. The first-order chi connectivity index (χ1) is 9.81. The van der Waals surface area contributed by atoms with Gasteiger partial charge in [0.25, 0.3) is 0 Å². The van der Waals surface area contributed by atoms with Crippen LogP contribution >= 0.6 is 0 Å². The molecule has 3 rings (SSSR count). The summed E-state index contributed by atoms with van der Waals surface area (Å²) in [5.74, 6) is 1.26. The van der Waals surface area contributed by atoms with E-state index in [0.717, 1.165) is 31.1 Å². The Hall–Kier alpha value is -1.19. The average molecular weight is 272 g/mol. The van der Waals surface area contributed by atoms with E-state index in [1.54, 1.807) is 0 Å². The van der Waals surface area contributed by atoms with Crippen LogP contribution < -0.4 is 0 Å². The lowest BCUT2D eigenvalue weighted by Gasteiger charge is -2.34. The SMILES string of the molecule is O=C(CCN1CCN(CC2CC2)CC1)c1ccccc1. The number of benzene rings is 1. The summed E-state index contributed by atoms with van der Waals surface area (Å²) in [6.45, 7) is 6.80. The third kappa shape index (κ3) is 3.90. The van der Waals surface area contributed by atoms with Gasteiger partial charge in [-0.15, -0.1) is 0 Å². The molecule has 0 atom stereocenters. The Morgan fingerprint density at radius 2 is 1.65 bits per heavy atom. The molecule has 0 aromatic heterocycles. The van der Waals surface area contributed by atoms with Gasteiger partial charge in [-0.3, -0.25) is 4.79 Å². The number of ketones is 1. The molecule has 0 bridgehead atoms. The van der Waals surface area contributed by atoms with E-state index in [-0.39, 0.29) is 5.78 Å². The van der Waals surface area contributed by atoms with Crippen LogP contribution in [-0.2, 0) is 0 Å². The molecule has 2 aliphatic rings. The van der Waals surface area contributed by atoms with Gasteiger partial charge >= 0.3 is 0 Å². The van der Waals surface area contributed by atoms with Crippen LogP contribution in [-0.4, -0.2) is 54.9 Å². The summed E-state index contributed by atoms with van der Waals surface area (Å²) in [7, 11) is 0. The average Bonchev–Trinajstić information content (AvgIpc) is 3.31. The normalized spacial score (nSPS) is 21.0. The second-order valence-electron chi connectivity index (χ2n) is 6.12. The van der Waals surface area contributed by atoms with E-state index in [1.807, 2.05) is 30.3 Å². The number of carbonyl (C=O) groups excluding carboxylic acids is 1. The first kappa shape index (κ1) is 13.8. The zero-order valence-electron chi connectivity index (χ0n) is 12.1. The van der Waals surface area contributed by atoms with Gasteiger partial charge in [-0.2, -0.15) is 0 Å². The first-order valence-electron chi connectivity index (χ1n) is 7.84. The topological polar surface area (TPSA) is 23.6 Å². The number of piperazine rings is 1. The van der Waals surface area contributed by atoms with Gasteiger partial charge in [0, 0.05) is 51.3 Å². The van der Waals surface area contributed by atoms with Gasteiger partial charge in [-0.25, -0.2) is 0 Å². The van der Waals surface area contributed by atoms with Crippen molar-refractivity contribution in [1.29, 1.82) is 0 Å². The van der Waals surface area contributed by atoms with Gasteiger partial charge in [-0.1, -0.05) is 30.3 Å². The first-order valence-corrected chi connectivity index (χ1v) is 7.84. The molecule has 0 radical (unpaired) electrons. The highest BCUT2D eigenvalue weighted by molar-refractivity contribution is 5.96. The van der Waals surface area contributed by atoms with Crippen molar-refractivity contribution in [2.75, 3.05) is 39.3 Å². The molecule has 0 spiro atoms. The Morgan fingerprint density at radius 1 is 1.00 bits per heavy atom. The van der Waals surface area contributed by atoms with Crippen molar-refractivity contribution in [3.8, 4) is 0 Å². The molecule has 1 saturated heterocycles. The molecule has 20 heavy (non-hydrogen) atoms. The fourth-order valence-electron chi connectivity index (χ4n) is 2.89. The number of Topliss-reactive ketones (excluding diaryl/α,β-unsaturated/α-hetero) is 1. The lowest BCUT2D eigenvalue weighted by Crippen LogP contribution is -2.47. The molecule has 1 aliphatic heterocycles. The van der Waals surface area contributed by atoms with Gasteiger partial charge in [0.15, 0.2) is 5.78 Å². The van der Waals surface area contributed by atoms with Gasteiger partial charge in [0.1, 0.15) is 0 Å². The lowest BCUT2D eigenvalue weighted by atomic mass is 10.1. The van der Waals surface area contributed by atoms with Gasteiger partial charge < -0.3 is 9.80 Å². The molecule has 3 heteroatoms. The van der Waals surface area contributed by atoms with Crippen LogP contribution in [0.4, 0.5) is 0 Å². The highest BCUT2D eigenvalue weighted by Crippen LogP contribution is 2.29.